The highest BCUT2D eigenvalue weighted by molar-refractivity contribution is 5.96. The van der Waals surface area contributed by atoms with Gasteiger partial charge in [0.2, 0.25) is 5.91 Å². The summed E-state index contributed by atoms with van der Waals surface area (Å²) in [5, 5.41) is 2.95. The van der Waals surface area contributed by atoms with E-state index in [2.05, 4.69) is 5.32 Å². The summed E-state index contributed by atoms with van der Waals surface area (Å²) in [5.41, 5.74) is 1.82. The van der Waals surface area contributed by atoms with Crippen LogP contribution in [0.25, 0.3) is 0 Å². The van der Waals surface area contributed by atoms with E-state index in [4.69, 9.17) is 14.2 Å². The van der Waals surface area contributed by atoms with Gasteiger partial charge in [-0.2, -0.15) is 0 Å². The number of carbonyl (C=O) groups excluding carboxylic acids is 1. The number of hydrogen-bond donors (Lipinski definition) is 1. The summed E-state index contributed by atoms with van der Waals surface area (Å²) < 4.78 is 15.6. The third kappa shape index (κ3) is 3.30. The van der Waals surface area contributed by atoms with E-state index in [0.29, 0.717) is 17.2 Å². The van der Waals surface area contributed by atoms with Gasteiger partial charge in [0, 0.05) is 12.0 Å². The second-order valence-corrected chi connectivity index (χ2v) is 5.78. The molecule has 1 aliphatic carbocycles. The van der Waals surface area contributed by atoms with Crippen molar-refractivity contribution in [2.75, 3.05) is 26.6 Å². The third-order valence-electron chi connectivity index (χ3n) is 4.34. The predicted octanol–water partition coefficient (Wildman–Crippen LogP) is 3.45. The summed E-state index contributed by atoms with van der Waals surface area (Å²) >= 11 is 0. The molecule has 1 fully saturated rings. The molecular weight excluding hydrogens is 306 g/mol. The van der Waals surface area contributed by atoms with Gasteiger partial charge in [-0.15, -0.1) is 0 Å². The van der Waals surface area contributed by atoms with E-state index in [1.54, 1.807) is 39.5 Å². The van der Waals surface area contributed by atoms with E-state index < -0.39 is 0 Å². The van der Waals surface area contributed by atoms with Crippen molar-refractivity contribution in [1.29, 1.82) is 0 Å². The Labute approximate surface area is 141 Å². The zero-order valence-corrected chi connectivity index (χ0v) is 14.0. The molecule has 0 aromatic heterocycles. The molecule has 5 nitrogen and oxygen atoms in total. The number of benzene rings is 2. The minimum Gasteiger partial charge on any atom is -0.497 e. The lowest BCUT2D eigenvalue weighted by molar-refractivity contribution is -0.117. The van der Waals surface area contributed by atoms with Gasteiger partial charge < -0.3 is 19.5 Å². The quantitative estimate of drug-likeness (QED) is 0.883. The van der Waals surface area contributed by atoms with Crippen LogP contribution in [0, 0.1) is 5.92 Å². The topological polar surface area (TPSA) is 56.8 Å². The van der Waals surface area contributed by atoms with Crippen molar-refractivity contribution in [3.63, 3.8) is 0 Å². The minimum absolute atomic E-state index is 0.00907. The lowest BCUT2D eigenvalue weighted by atomic mass is 10.1. The molecule has 2 aromatic carbocycles. The van der Waals surface area contributed by atoms with Gasteiger partial charge in [0.1, 0.15) is 17.2 Å². The van der Waals surface area contributed by atoms with Crippen molar-refractivity contribution < 1.29 is 19.0 Å². The standard InChI is InChI=1S/C19H21NO4/c1-22-13-6-4-12(5-7-13)15-11-16(15)19(21)20-17-9-8-14(23-2)10-18(17)24-3/h4-10,15-16H,11H2,1-3H3,(H,20,21). The first kappa shape index (κ1) is 16.2. The number of methoxy groups -OCH3 is 3. The molecule has 0 spiro atoms. The number of nitrogens with one attached hydrogen (secondary N) is 1. The summed E-state index contributed by atoms with van der Waals surface area (Å²) in [7, 11) is 4.81. The molecule has 1 saturated carbocycles. The van der Waals surface area contributed by atoms with Crippen LogP contribution >= 0.6 is 0 Å². The summed E-state index contributed by atoms with van der Waals surface area (Å²) in [5.74, 6) is 2.37. The number of hydrogen-bond acceptors (Lipinski definition) is 4. The highest BCUT2D eigenvalue weighted by Crippen LogP contribution is 2.48. The molecule has 0 heterocycles. The van der Waals surface area contributed by atoms with Crippen molar-refractivity contribution in [2.24, 2.45) is 5.92 Å². The van der Waals surface area contributed by atoms with E-state index in [1.807, 2.05) is 24.3 Å². The van der Waals surface area contributed by atoms with Crippen LogP contribution in [-0.2, 0) is 4.79 Å². The normalized spacial score (nSPS) is 18.6. The van der Waals surface area contributed by atoms with Gasteiger partial charge in [0.25, 0.3) is 0 Å². The minimum atomic E-state index is -0.00907. The van der Waals surface area contributed by atoms with E-state index >= 15 is 0 Å². The highest BCUT2D eigenvalue weighted by Gasteiger charge is 2.44. The first-order valence-corrected chi connectivity index (χ1v) is 7.83. The average Bonchev–Trinajstić information content (AvgIpc) is 3.43. The molecule has 2 atom stereocenters. The van der Waals surface area contributed by atoms with Gasteiger partial charge in [-0.1, -0.05) is 12.1 Å². The molecular formula is C19H21NO4. The second kappa shape index (κ2) is 6.83. The average molecular weight is 327 g/mol. The van der Waals surface area contributed by atoms with E-state index in [9.17, 15) is 4.79 Å². The van der Waals surface area contributed by atoms with Crippen LogP contribution in [0.4, 0.5) is 5.69 Å². The van der Waals surface area contributed by atoms with Crippen molar-refractivity contribution in [3.05, 3.63) is 48.0 Å². The Morgan fingerprint density at radius 1 is 0.958 bits per heavy atom. The molecule has 24 heavy (non-hydrogen) atoms. The monoisotopic (exact) mass is 327 g/mol. The van der Waals surface area contributed by atoms with Crippen LogP contribution in [-0.4, -0.2) is 27.2 Å². The fraction of sp³-hybridized carbons (Fsp3) is 0.316. The van der Waals surface area contributed by atoms with Crippen LogP contribution in [0.2, 0.25) is 0 Å². The van der Waals surface area contributed by atoms with Gasteiger partial charge in [-0.05, 0) is 42.2 Å². The second-order valence-electron chi connectivity index (χ2n) is 5.78. The molecule has 0 saturated heterocycles. The van der Waals surface area contributed by atoms with Crippen molar-refractivity contribution in [2.45, 2.75) is 12.3 Å². The Bertz CT molecular complexity index is 727. The molecule has 126 valence electrons. The first-order chi connectivity index (χ1) is 11.7. The molecule has 0 aliphatic heterocycles. The molecule has 3 rings (SSSR count). The van der Waals surface area contributed by atoms with Crippen LogP contribution in [0.15, 0.2) is 42.5 Å². The van der Waals surface area contributed by atoms with Gasteiger partial charge in [0.15, 0.2) is 0 Å². The Morgan fingerprint density at radius 3 is 2.25 bits per heavy atom. The summed E-state index contributed by atoms with van der Waals surface area (Å²) in [6.45, 7) is 0. The Kier molecular flexibility index (Phi) is 4.60. The number of carbonyl (C=O) groups is 1. The highest BCUT2D eigenvalue weighted by atomic mass is 16.5. The number of amides is 1. The van der Waals surface area contributed by atoms with E-state index in [0.717, 1.165) is 17.7 Å². The smallest absolute Gasteiger partial charge is 0.228 e. The van der Waals surface area contributed by atoms with E-state index in [1.165, 1.54) is 0 Å². The SMILES string of the molecule is COc1ccc(C2CC2C(=O)Nc2ccc(OC)cc2OC)cc1. The van der Waals surface area contributed by atoms with Gasteiger partial charge in [0.05, 0.1) is 27.0 Å². The molecule has 0 bridgehead atoms. The van der Waals surface area contributed by atoms with Crippen LogP contribution in [0.5, 0.6) is 17.2 Å². The summed E-state index contributed by atoms with van der Waals surface area (Å²) in [6, 6.07) is 13.2. The van der Waals surface area contributed by atoms with Crippen molar-refractivity contribution in [1.82, 2.24) is 0 Å². The van der Waals surface area contributed by atoms with Crippen molar-refractivity contribution >= 4 is 11.6 Å². The maximum Gasteiger partial charge on any atom is 0.228 e. The van der Waals surface area contributed by atoms with Crippen LogP contribution < -0.4 is 19.5 Å². The molecule has 1 N–H and O–H groups in total. The maximum atomic E-state index is 12.5. The van der Waals surface area contributed by atoms with Crippen LogP contribution in [0.1, 0.15) is 17.9 Å². The third-order valence-corrected chi connectivity index (χ3v) is 4.34. The number of anilines is 1. The van der Waals surface area contributed by atoms with E-state index in [-0.39, 0.29) is 17.7 Å². The predicted molar refractivity (Wildman–Crippen MR) is 92.0 cm³/mol. The Balaban J connectivity index is 1.66. The lowest BCUT2D eigenvalue weighted by Crippen LogP contribution is -2.15. The number of rotatable bonds is 6. The zero-order chi connectivity index (χ0) is 17.1. The maximum absolute atomic E-state index is 12.5. The Hall–Kier alpha value is -2.69. The first-order valence-electron chi connectivity index (χ1n) is 7.83. The lowest BCUT2D eigenvalue weighted by Gasteiger charge is -2.11. The molecule has 0 radical (unpaired) electrons. The number of ether oxygens (including phenoxy) is 3. The van der Waals surface area contributed by atoms with Gasteiger partial charge in [-0.25, -0.2) is 0 Å². The largest absolute Gasteiger partial charge is 0.497 e. The van der Waals surface area contributed by atoms with Crippen LogP contribution in [0.3, 0.4) is 0 Å². The van der Waals surface area contributed by atoms with Gasteiger partial charge in [-0.3, -0.25) is 4.79 Å². The molecule has 2 aromatic rings. The molecule has 1 amide bonds. The van der Waals surface area contributed by atoms with Crippen molar-refractivity contribution in [3.8, 4) is 17.2 Å². The molecule has 1 aliphatic rings. The molecule has 5 heteroatoms. The molecule has 2 unspecified atom stereocenters. The zero-order valence-electron chi connectivity index (χ0n) is 14.0. The summed E-state index contributed by atoms with van der Waals surface area (Å²) in [6.07, 6.45) is 0.858. The Morgan fingerprint density at radius 2 is 1.62 bits per heavy atom. The fourth-order valence-electron chi connectivity index (χ4n) is 2.83. The summed E-state index contributed by atoms with van der Waals surface area (Å²) in [4.78, 5) is 12.5. The fourth-order valence-corrected chi connectivity index (χ4v) is 2.83. The van der Waals surface area contributed by atoms with Gasteiger partial charge >= 0.3 is 0 Å².